The van der Waals surface area contributed by atoms with E-state index >= 15 is 0 Å². The Bertz CT molecular complexity index is 2480. The molecule has 4 amide bonds. The van der Waals surface area contributed by atoms with Gasteiger partial charge < -0.3 is 23.8 Å². The number of pyridine rings is 1. The molecule has 59 heavy (non-hydrogen) atoms. The fourth-order valence-corrected chi connectivity index (χ4v) is 10.3. The second kappa shape index (κ2) is 14.9. The van der Waals surface area contributed by atoms with E-state index in [9.17, 15) is 19.2 Å². The number of hydrogen-bond donors (Lipinski definition) is 1. The summed E-state index contributed by atoms with van der Waals surface area (Å²) < 4.78 is 14.6. The standard InChI is InChI=1S/C47H50N6O6/c1-50(31-21-35(22-31)59-33-9-6-29(7-10-33)30-8-12-36-39-26-48-17-16-40(39)51(2)42(36)20-30)32-24-47(25-32)27-52(28-47)18-4-3-5-19-58-34-11-13-37-38(23-34)46(57)53(45(37)56)41-14-15-43(54)49-44(41)55/h6-13,16-17,20,23,26,31-32,35,41H,3-5,14-15,18-19,21-22,24-25,27-28H2,1-2H3,(H,49,54,55)/t31-,35-,41?. The molecule has 2 saturated heterocycles. The Morgan fingerprint density at radius 1 is 0.814 bits per heavy atom. The van der Waals surface area contributed by atoms with E-state index in [0.29, 0.717) is 29.9 Å². The van der Waals surface area contributed by atoms with Crippen LogP contribution in [-0.4, -0.2) is 105 Å². The molecule has 1 unspecified atom stereocenters. The number of rotatable bonds is 13. The Hall–Kier alpha value is -5.59. The molecule has 5 aliphatic rings. The van der Waals surface area contributed by atoms with Gasteiger partial charge in [0.05, 0.1) is 23.3 Å². The van der Waals surface area contributed by atoms with Crippen LogP contribution in [0, 0.1) is 5.41 Å². The number of amides is 4. The van der Waals surface area contributed by atoms with E-state index in [2.05, 4.69) is 87.3 Å². The number of nitrogens with zero attached hydrogens (tertiary/aromatic N) is 5. The highest BCUT2D eigenvalue weighted by Gasteiger charge is 2.54. The fraction of sp³-hybridized carbons (Fsp3) is 0.426. The number of hydrogen-bond acceptors (Lipinski definition) is 9. The van der Waals surface area contributed by atoms with Gasteiger partial charge in [0.1, 0.15) is 23.6 Å². The summed E-state index contributed by atoms with van der Waals surface area (Å²) in [5.74, 6) is -0.558. The van der Waals surface area contributed by atoms with Crippen molar-refractivity contribution in [1.82, 2.24) is 29.6 Å². The lowest BCUT2D eigenvalue weighted by Crippen LogP contribution is -2.67. The summed E-state index contributed by atoms with van der Waals surface area (Å²) in [6.45, 7) is 4.03. The lowest BCUT2D eigenvalue weighted by molar-refractivity contribution is -0.136. The van der Waals surface area contributed by atoms with E-state index in [1.807, 2.05) is 12.4 Å². The molecule has 1 atom stereocenters. The van der Waals surface area contributed by atoms with Crippen molar-refractivity contribution in [1.29, 1.82) is 0 Å². The number of carbonyl (C=O) groups is 4. The highest BCUT2D eigenvalue weighted by molar-refractivity contribution is 6.23. The molecule has 3 aromatic carbocycles. The highest BCUT2D eigenvalue weighted by Crippen LogP contribution is 2.51. The van der Waals surface area contributed by atoms with Gasteiger partial charge in [0.25, 0.3) is 11.8 Å². The molecular formula is C47H50N6O6. The average molecular weight is 795 g/mol. The molecule has 2 aromatic heterocycles. The maximum absolute atomic E-state index is 13.1. The third-order valence-electron chi connectivity index (χ3n) is 13.8. The van der Waals surface area contributed by atoms with Gasteiger partial charge in [-0.15, -0.1) is 0 Å². The van der Waals surface area contributed by atoms with Crippen molar-refractivity contribution in [3.63, 3.8) is 0 Å². The molecule has 304 valence electrons. The van der Waals surface area contributed by atoms with Crippen LogP contribution in [0.5, 0.6) is 11.5 Å². The number of piperidine rings is 1. The topological polar surface area (TPSA) is 126 Å². The lowest BCUT2D eigenvalue weighted by Gasteiger charge is -2.62. The van der Waals surface area contributed by atoms with Gasteiger partial charge in [-0.25, -0.2) is 0 Å². The van der Waals surface area contributed by atoms with Gasteiger partial charge in [-0.05, 0) is 111 Å². The number of unbranched alkanes of at least 4 members (excludes halogenated alkanes) is 2. The third kappa shape index (κ3) is 6.85. The van der Waals surface area contributed by atoms with Crippen LogP contribution in [0.2, 0.25) is 0 Å². The summed E-state index contributed by atoms with van der Waals surface area (Å²) in [7, 11) is 4.43. The zero-order valence-corrected chi connectivity index (χ0v) is 33.7. The second-order valence-corrected chi connectivity index (χ2v) is 17.6. The minimum Gasteiger partial charge on any atom is -0.494 e. The molecule has 0 bridgehead atoms. The summed E-state index contributed by atoms with van der Waals surface area (Å²) in [6.07, 6.45) is 12.1. The summed E-state index contributed by atoms with van der Waals surface area (Å²) in [5, 5.41) is 4.63. The first-order chi connectivity index (χ1) is 28.6. The van der Waals surface area contributed by atoms with Crippen molar-refractivity contribution in [3.05, 3.63) is 90.3 Å². The van der Waals surface area contributed by atoms with Crippen molar-refractivity contribution in [3.8, 4) is 22.6 Å². The number of aromatic nitrogens is 2. The van der Waals surface area contributed by atoms with Gasteiger partial charge in [0, 0.05) is 80.2 Å². The smallest absolute Gasteiger partial charge is 0.262 e. The molecule has 5 aromatic rings. The first-order valence-electron chi connectivity index (χ1n) is 21.1. The normalized spacial score (nSPS) is 22.8. The zero-order valence-electron chi connectivity index (χ0n) is 33.7. The largest absolute Gasteiger partial charge is 0.494 e. The van der Waals surface area contributed by atoms with Crippen LogP contribution in [0.1, 0.15) is 78.5 Å². The Labute approximate surface area is 343 Å². The number of fused-ring (bicyclic) bond motifs is 4. The van der Waals surface area contributed by atoms with Crippen LogP contribution in [0.15, 0.2) is 79.1 Å². The van der Waals surface area contributed by atoms with E-state index < -0.39 is 29.7 Å². The minimum absolute atomic E-state index is 0.0940. The van der Waals surface area contributed by atoms with Gasteiger partial charge in [0.2, 0.25) is 11.8 Å². The van der Waals surface area contributed by atoms with E-state index in [0.717, 1.165) is 49.3 Å². The average Bonchev–Trinajstić information content (AvgIpc) is 3.62. The van der Waals surface area contributed by atoms with Crippen molar-refractivity contribution in [2.45, 2.75) is 82.0 Å². The van der Waals surface area contributed by atoms with Crippen LogP contribution in [-0.2, 0) is 16.6 Å². The first kappa shape index (κ1) is 37.7. The van der Waals surface area contributed by atoms with Crippen LogP contribution in [0.3, 0.4) is 0 Å². The summed E-state index contributed by atoms with van der Waals surface area (Å²) in [6, 6.07) is 22.5. The molecule has 10 rings (SSSR count). The quantitative estimate of drug-likeness (QED) is 0.107. The molecule has 5 heterocycles. The molecule has 12 nitrogen and oxygen atoms in total. The van der Waals surface area contributed by atoms with Crippen molar-refractivity contribution in [2.24, 2.45) is 12.5 Å². The number of likely N-dealkylation sites (tertiary alicyclic amines) is 1. The second-order valence-electron chi connectivity index (χ2n) is 17.6. The predicted octanol–water partition coefficient (Wildman–Crippen LogP) is 6.35. The van der Waals surface area contributed by atoms with E-state index in [4.69, 9.17) is 9.47 Å². The maximum Gasteiger partial charge on any atom is 0.262 e. The van der Waals surface area contributed by atoms with Gasteiger partial charge in [-0.3, -0.25) is 34.4 Å². The number of ether oxygens (including phenoxy) is 2. The molecule has 0 radical (unpaired) electrons. The van der Waals surface area contributed by atoms with E-state index in [-0.39, 0.29) is 30.1 Å². The summed E-state index contributed by atoms with van der Waals surface area (Å²) in [4.78, 5) is 60.4. The van der Waals surface area contributed by atoms with Gasteiger partial charge in [0.15, 0.2) is 0 Å². The van der Waals surface area contributed by atoms with Gasteiger partial charge in [-0.2, -0.15) is 0 Å². The molecular weight excluding hydrogens is 745 g/mol. The van der Waals surface area contributed by atoms with E-state index in [1.165, 1.54) is 58.9 Å². The molecule has 1 spiro atoms. The molecule has 2 saturated carbocycles. The number of carbonyl (C=O) groups excluding carboxylic acids is 4. The number of imide groups is 2. The molecule has 2 aliphatic carbocycles. The van der Waals surface area contributed by atoms with Crippen LogP contribution >= 0.6 is 0 Å². The number of benzene rings is 3. The predicted molar refractivity (Wildman–Crippen MR) is 223 cm³/mol. The first-order valence-corrected chi connectivity index (χ1v) is 21.1. The van der Waals surface area contributed by atoms with Crippen molar-refractivity contribution >= 4 is 45.4 Å². The Morgan fingerprint density at radius 2 is 1.58 bits per heavy atom. The fourth-order valence-electron chi connectivity index (χ4n) is 10.3. The van der Waals surface area contributed by atoms with Gasteiger partial charge in [-0.1, -0.05) is 24.3 Å². The highest BCUT2D eigenvalue weighted by atomic mass is 16.5. The Kier molecular flexibility index (Phi) is 9.51. The summed E-state index contributed by atoms with van der Waals surface area (Å²) in [5.41, 5.74) is 5.78. The van der Waals surface area contributed by atoms with E-state index in [1.54, 1.807) is 18.2 Å². The number of nitrogens with one attached hydrogen (secondary N) is 1. The SMILES string of the molecule is Cn1c2ccncc2c2ccc(-c3ccc(O[C@H]4C[C@H](N(C)C5CC6(C5)CN(CCCCCOc5ccc7c(c5)C(=O)N(C5CCC(=O)NC5=O)C7=O)C6)C4)cc3)cc21. The zero-order chi connectivity index (χ0) is 40.4. The maximum atomic E-state index is 13.1. The molecule has 4 fully saturated rings. The minimum atomic E-state index is -0.973. The monoisotopic (exact) mass is 794 g/mol. The van der Waals surface area contributed by atoms with Gasteiger partial charge >= 0.3 is 0 Å². The van der Waals surface area contributed by atoms with Crippen molar-refractivity contribution < 1.29 is 28.7 Å². The molecule has 1 N–H and O–H groups in total. The summed E-state index contributed by atoms with van der Waals surface area (Å²) >= 11 is 0. The number of aryl methyl sites for hydroxylation is 1. The molecule has 12 heteroatoms. The van der Waals surface area contributed by atoms with Crippen LogP contribution in [0.4, 0.5) is 0 Å². The third-order valence-corrected chi connectivity index (χ3v) is 13.8. The van der Waals surface area contributed by atoms with Crippen LogP contribution in [0.25, 0.3) is 32.9 Å². The Balaban J connectivity index is 0.608. The lowest BCUT2D eigenvalue weighted by atomic mass is 9.59. The molecule has 3 aliphatic heterocycles. The Morgan fingerprint density at radius 3 is 2.37 bits per heavy atom. The van der Waals surface area contributed by atoms with Crippen molar-refractivity contribution in [2.75, 3.05) is 33.3 Å². The van der Waals surface area contributed by atoms with Crippen LogP contribution < -0.4 is 14.8 Å².